The summed E-state index contributed by atoms with van der Waals surface area (Å²) in [7, 11) is 0. The van der Waals surface area contributed by atoms with Crippen molar-refractivity contribution < 1.29 is 14.3 Å². The molecule has 5 nitrogen and oxygen atoms in total. The van der Waals surface area contributed by atoms with Crippen LogP contribution in [0.1, 0.15) is 54.7 Å². The Labute approximate surface area is 156 Å². The number of hydrogen-bond acceptors (Lipinski definition) is 4. The van der Waals surface area contributed by atoms with Gasteiger partial charge in [-0.15, -0.1) is 0 Å². The molecule has 3 aliphatic rings. The Morgan fingerprint density at radius 2 is 2.12 bits per heavy atom. The number of hydrogen-bond donors (Lipinski definition) is 0. The van der Waals surface area contributed by atoms with Crippen LogP contribution in [-0.2, 0) is 9.47 Å². The number of nitrogens with zero attached hydrogens (tertiary/aromatic N) is 2. The van der Waals surface area contributed by atoms with E-state index in [1.165, 1.54) is 25.7 Å². The molecule has 1 aliphatic carbocycles. The Hall–Kier alpha value is -1.46. The first kappa shape index (κ1) is 17.9. The van der Waals surface area contributed by atoms with Gasteiger partial charge in [-0.3, -0.25) is 4.79 Å². The molecule has 1 atom stereocenters. The van der Waals surface area contributed by atoms with Crippen LogP contribution in [0.2, 0.25) is 0 Å². The summed E-state index contributed by atoms with van der Waals surface area (Å²) in [5, 5.41) is 0. The van der Waals surface area contributed by atoms with Crippen LogP contribution in [0.3, 0.4) is 0 Å². The molecule has 1 amide bonds. The van der Waals surface area contributed by atoms with Gasteiger partial charge in [0.2, 0.25) is 0 Å². The Balaban J connectivity index is 1.25. The normalized spacial score (nSPS) is 25.0. The molecule has 0 N–H and O–H groups in total. The van der Waals surface area contributed by atoms with Crippen molar-refractivity contribution in [2.45, 2.75) is 51.0 Å². The fourth-order valence-corrected chi connectivity index (χ4v) is 4.76. The van der Waals surface area contributed by atoms with E-state index in [-0.39, 0.29) is 11.5 Å². The highest BCUT2D eigenvalue weighted by molar-refractivity contribution is 5.93. The lowest BCUT2D eigenvalue weighted by molar-refractivity contribution is -0.120. The Bertz CT molecular complexity index is 636. The lowest BCUT2D eigenvalue weighted by Gasteiger charge is -2.50. The van der Waals surface area contributed by atoms with Gasteiger partial charge < -0.3 is 14.4 Å². The number of rotatable bonds is 6. The molecule has 1 aromatic heterocycles. The molecule has 2 aliphatic heterocycles. The van der Waals surface area contributed by atoms with Crippen LogP contribution in [0.4, 0.5) is 0 Å². The molecule has 1 saturated carbocycles. The molecule has 142 valence electrons. The van der Waals surface area contributed by atoms with Crippen molar-refractivity contribution in [2.75, 3.05) is 32.9 Å². The van der Waals surface area contributed by atoms with E-state index in [2.05, 4.69) is 4.98 Å². The Morgan fingerprint density at radius 3 is 2.88 bits per heavy atom. The summed E-state index contributed by atoms with van der Waals surface area (Å²) in [6, 6.07) is 5.60. The number of aromatic nitrogens is 1. The van der Waals surface area contributed by atoms with Crippen LogP contribution < -0.4 is 0 Å². The van der Waals surface area contributed by atoms with E-state index in [9.17, 15) is 4.79 Å². The predicted molar refractivity (Wildman–Crippen MR) is 99.1 cm³/mol. The molecular formula is C21H30N2O3. The summed E-state index contributed by atoms with van der Waals surface area (Å²) in [4.78, 5) is 18.8. The van der Waals surface area contributed by atoms with Crippen LogP contribution in [0, 0.1) is 18.8 Å². The number of ether oxygens (including phenoxy) is 2. The van der Waals surface area contributed by atoms with E-state index in [0.29, 0.717) is 24.7 Å². The summed E-state index contributed by atoms with van der Waals surface area (Å²) >= 11 is 0. The largest absolute Gasteiger partial charge is 0.381 e. The highest BCUT2D eigenvalue weighted by Crippen LogP contribution is 2.42. The van der Waals surface area contributed by atoms with E-state index in [0.717, 1.165) is 44.3 Å². The molecule has 1 spiro atoms. The predicted octanol–water partition coefficient (Wildman–Crippen LogP) is 3.22. The summed E-state index contributed by atoms with van der Waals surface area (Å²) in [6.45, 7) is 5.83. The van der Waals surface area contributed by atoms with Gasteiger partial charge in [0.25, 0.3) is 5.91 Å². The Kier molecular flexibility index (Phi) is 5.28. The first-order valence-electron chi connectivity index (χ1n) is 10.1. The molecule has 0 radical (unpaired) electrons. The van der Waals surface area contributed by atoms with E-state index >= 15 is 0 Å². The molecule has 3 fully saturated rings. The zero-order chi connectivity index (χ0) is 18.0. The SMILES string of the molecule is Cc1cccc(C(=O)N2CC3(C2)OCC[C@@H]3CCOCC2CCCC2)n1. The minimum absolute atomic E-state index is 0.0195. The van der Waals surface area contributed by atoms with Crippen molar-refractivity contribution >= 4 is 5.91 Å². The van der Waals surface area contributed by atoms with E-state index in [1.54, 1.807) is 6.07 Å². The monoisotopic (exact) mass is 358 g/mol. The smallest absolute Gasteiger partial charge is 0.272 e. The van der Waals surface area contributed by atoms with E-state index in [4.69, 9.17) is 9.47 Å². The summed E-state index contributed by atoms with van der Waals surface area (Å²) in [5.74, 6) is 1.30. The summed E-state index contributed by atoms with van der Waals surface area (Å²) in [5.41, 5.74) is 1.27. The van der Waals surface area contributed by atoms with Gasteiger partial charge in [-0.25, -0.2) is 4.98 Å². The van der Waals surface area contributed by atoms with Crippen molar-refractivity contribution in [1.82, 2.24) is 9.88 Å². The van der Waals surface area contributed by atoms with Crippen molar-refractivity contribution in [3.05, 3.63) is 29.6 Å². The minimum Gasteiger partial charge on any atom is -0.381 e. The van der Waals surface area contributed by atoms with Gasteiger partial charge in [0, 0.05) is 25.5 Å². The zero-order valence-corrected chi connectivity index (χ0v) is 15.8. The quantitative estimate of drug-likeness (QED) is 0.733. The molecule has 2 saturated heterocycles. The number of carbonyl (C=O) groups excluding carboxylic acids is 1. The number of pyridine rings is 1. The fourth-order valence-electron chi connectivity index (χ4n) is 4.76. The van der Waals surface area contributed by atoms with Gasteiger partial charge in [-0.1, -0.05) is 18.9 Å². The van der Waals surface area contributed by atoms with Crippen molar-refractivity contribution in [3.8, 4) is 0 Å². The number of carbonyl (C=O) groups is 1. The second-order valence-corrected chi connectivity index (χ2v) is 8.24. The lowest BCUT2D eigenvalue weighted by Crippen LogP contribution is -2.66. The molecular weight excluding hydrogens is 328 g/mol. The number of amides is 1. The second-order valence-electron chi connectivity index (χ2n) is 8.24. The average molecular weight is 358 g/mol. The number of aryl methyl sites for hydroxylation is 1. The van der Waals surface area contributed by atoms with E-state index < -0.39 is 0 Å². The highest BCUT2D eigenvalue weighted by atomic mass is 16.5. The van der Waals surface area contributed by atoms with Gasteiger partial charge in [-0.2, -0.15) is 0 Å². The third kappa shape index (κ3) is 3.65. The molecule has 0 unspecified atom stereocenters. The van der Waals surface area contributed by atoms with Gasteiger partial charge in [0.05, 0.1) is 13.1 Å². The highest BCUT2D eigenvalue weighted by Gasteiger charge is 2.54. The number of likely N-dealkylation sites (tertiary alicyclic amines) is 1. The second kappa shape index (κ2) is 7.65. The van der Waals surface area contributed by atoms with Crippen LogP contribution in [0.25, 0.3) is 0 Å². The standard InChI is InChI=1S/C21H30N2O3/c1-16-5-4-8-19(22-16)20(24)23-14-21(15-23)18(10-12-26-21)9-11-25-13-17-6-2-3-7-17/h4-5,8,17-18H,2-3,6-7,9-15H2,1H3/t18-/m0/s1. The molecule has 26 heavy (non-hydrogen) atoms. The average Bonchev–Trinajstić information content (AvgIpc) is 3.26. The topological polar surface area (TPSA) is 51.7 Å². The summed E-state index contributed by atoms with van der Waals surface area (Å²) in [6.07, 6.45) is 7.52. The van der Waals surface area contributed by atoms with Crippen LogP contribution >= 0.6 is 0 Å². The van der Waals surface area contributed by atoms with Crippen molar-refractivity contribution in [3.63, 3.8) is 0 Å². The van der Waals surface area contributed by atoms with Gasteiger partial charge >= 0.3 is 0 Å². The minimum atomic E-state index is -0.143. The van der Waals surface area contributed by atoms with Crippen LogP contribution in [-0.4, -0.2) is 54.3 Å². The maximum atomic E-state index is 12.6. The van der Waals surface area contributed by atoms with Gasteiger partial charge in [0.1, 0.15) is 11.3 Å². The third-order valence-electron chi connectivity index (χ3n) is 6.35. The van der Waals surface area contributed by atoms with Gasteiger partial charge in [0.15, 0.2) is 0 Å². The first-order valence-corrected chi connectivity index (χ1v) is 10.1. The molecule has 5 heteroatoms. The summed E-state index contributed by atoms with van der Waals surface area (Å²) < 4.78 is 12.0. The maximum Gasteiger partial charge on any atom is 0.272 e. The Morgan fingerprint density at radius 1 is 1.31 bits per heavy atom. The van der Waals surface area contributed by atoms with E-state index in [1.807, 2.05) is 24.0 Å². The van der Waals surface area contributed by atoms with Gasteiger partial charge in [-0.05, 0) is 56.6 Å². The molecule has 0 aromatic carbocycles. The molecule has 4 rings (SSSR count). The maximum absolute atomic E-state index is 12.6. The van der Waals surface area contributed by atoms with Crippen LogP contribution in [0.5, 0.6) is 0 Å². The fraction of sp³-hybridized carbons (Fsp3) is 0.714. The first-order chi connectivity index (χ1) is 12.7. The lowest BCUT2D eigenvalue weighted by atomic mass is 9.79. The molecule has 3 heterocycles. The molecule has 0 bridgehead atoms. The van der Waals surface area contributed by atoms with Crippen molar-refractivity contribution in [1.29, 1.82) is 0 Å². The molecule has 1 aromatic rings. The van der Waals surface area contributed by atoms with Crippen LogP contribution in [0.15, 0.2) is 18.2 Å². The third-order valence-corrected chi connectivity index (χ3v) is 6.35. The van der Waals surface area contributed by atoms with Crippen molar-refractivity contribution in [2.24, 2.45) is 11.8 Å². The zero-order valence-electron chi connectivity index (χ0n) is 15.8.